The zero-order valence-corrected chi connectivity index (χ0v) is 20.7. The summed E-state index contributed by atoms with van der Waals surface area (Å²) in [6.07, 6.45) is 0.328. The van der Waals surface area contributed by atoms with Gasteiger partial charge in [0.2, 0.25) is 5.91 Å². The van der Waals surface area contributed by atoms with Crippen molar-refractivity contribution in [1.82, 2.24) is 19.6 Å². The molecule has 3 heterocycles. The quantitative estimate of drug-likeness (QED) is 0.580. The van der Waals surface area contributed by atoms with Gasteiger partial charge in [0.15, 0.2) is 0 Å². The van der Waals surface area contributed by atoms with Crippen molar-refractivity contribution in [3.8, 4) is 6.07 Å². The van der Waals surface area contributed by atoms with Crippen molar-refractivity contribution in [2.24, 2.45) is 0 Å². The summed E-state index contributed by atoms with van der Waals surface area (Å²) in [6.45, 7) is 10.3. The number of nitriles is 1. The Balaban J connectivity index is 1.34. The molecule has 3 aliphatic heterocycles. The lowest BCUT2D eigenvalue weighted by Crippen LogP contribution is -2.71. The molecule has 0 aromatic heterocycles. The fraction of sp³-hybridized carbons (Fsp3) is 0.640. The minimum Gasteiger partial charge on any atom is -0.450 e. The molecule has 1 N–H and O–H groups in total. The molecule has 3 atom stereocenters. The van der Waals surface area contributed by atoms with Crippen LogP contribution in [0.1, 0.15) is 25.8 Å². The molecule has 10 heteroatoms. The molecule has 190 valence electrons. The molecule has 35 heavy (non-hydrogen) atoms. The summed E-state index contributed by atoms with van der Waals surface area (Å²) >= 11 is 0. The van der Waals surface area contributed by atoms with Crippen molar-refractivity contribution in [3.63, 3.8) is 0 Å². The maximum atomic E-state index is 12.8. The predicted octanol–water partition coefficient (Wildman–Crippen LogP) is 1.39. The van der Waals surface area contributed by atoms with Crippen LogP contribution >= 0.6 is 0 Å². The van der Waals surface area contributed by atoms with Crippen LogP contribution in [0.15, 0.2) is 24.3 Å². The highest BCUT2D eigenvalue weighted by Gasteiger charge is 2.47. The molecule has 3 aliphatic rings. The van der Waals surface area contributed by atoms with E-state index < -0.39 is 0 Å². The normalized spacial score (nSPS) is 25.1. The van der Waals surface area contributed by atoms with E-state index >= 15 is 0 Å². The van der Waals surface area contributed by atoms with Crippen LogP contribution in [0.2, 0.25) is 0 Å². The number of hydrogen-bond donors (Lipinski definition) is 1. The molecule has 2 amide bonds. The molecular weight excluding hydrogens is 448 g/mol. The van der Waals surface area contributed by atoms with E-state index in [1.807, 2.05) is 41.0 Å². The average molecular weight is 485 g/mol. The van der Waals surface area contributed by atoms with Crippen molar-refractivity contribution in [2.75, 3.05) is 70.8 Å². The molecule has 0 radical (unpaired) electrons. The van der Waals surface area contributed by atoms with Gasteiger partial charge in [-0.05, 0) is 37.6 Å². The monoisotopic (exact) mass is 484 g/mol. The fourth-order valence-electron chi connectivity index (χ4n) is 5.25. The van der Waals surface area contributed by atoms with Gasteiger partial charge in [0.1, 0.15) is 12.3 Å². The number of morpholine rings is 2. The van der Waals surface area contributed by atoms with E-state index in [2.05, 4.69) is 21.2 Å². The number of piperazine rings is 1. The summed E-state index contributed by atoms with van der Waals surface area (Å²) in [4.78, 5) is 33.0. The van der Waals surface area contributed by atoms with Gasteiger partial charge in [-0.3, -0.25) is 19.5 Å². The second kappa shape index (κ2) is 11.7. The zero-order valence-electron chi connectivity index (χ0n) is 20.7. The Morgan fingerprint density at radius 3 is 2.54 bits per heavy atom. The number of benzene rings is 1. The lowest BCUT2D eigenvalue weighted by molar-refractivity contribution is -0.195. The number of nitrogens with one attached hydrogen (secondary N) is 1. The van der Waals surface area contributed by atoms with E-state index in [0.29, 0.717) is 44.9 Å². The molecule has 3 unspecified atom stereocenters. The van der Waals surface area contributed by atoms with Gasteiger partial charge in [-0.1, -0.05) is 0 Å². The molecule has 1 aromatic carbocycles. The summed E-state index contributed by atoms with van der Waals surface area (Å²) in [7, 11) is 0. The molecule has 4 rings (SSSR count). The number of nitrogens with zero attached hydrogens (tertiary/aromatic N) is 5. The Morgan fingerprint density at radius 2 is 1.89 bits per heavy atom. The first-order chi connectivity index (χ1) is 17.0. The summed E-state index contributed by atoms with van der Waals surface area (Å²) in [5.74, 6) is 0.0883. The van der Waals surface area contributed by atoms with Crippen LogP contribution in [0.3, 0.4) is 0 Å². The van der Waals surface area contributed by atoms with Crippen LogP contribution in [-0.4, -0.2) is 115 Å². The molecular formula is C25H36N6O4. The van der Waals surface area contributed by atoms with Crippen LogP contribution in [0.25, 0.3) is 0 Å². The van der Waals surface area contributed by atoms with Gasteiger partial charge < -0.3 is 19.7 Å². The first-order valence-corrected chi connectivity index (χ1v) is 12.5. The maximum Gasteiger partial charge on any atom is 0.411 e. The van der Waals surface area contributed by atoms with Gasteiger partial charge in [-0.2, -0.15) is 5.26 Å². The van der Waals surface area contributed by atoms with E-state index in [9.17, 15) is 9.59 Å². The van der Waals surface area contributed by atoms with Crippen LogP contribution in [-0.2, 0) is 14.3 Å². The Kier molecular flexibility index (Phi) is 8.44. The second-order valence-corrected chi connectivity index (χ2v) is 9.33. The third kappa shape index (κ3) is 6.23. The number of hydrogen-bond acceptors (Lipinski definition) is 8. The number of fused-ring (bicyclic) bond motifs is 2. The molecule has 3 saturated heterocycles. The Morgan fingerprint density at radius 1 is 1.14 bits per heavy atom. The van der Waals surface area contributed by atoms with Crippen molar-refractivity contribution in [2.45, 2.75) is 38.6 Å². The SMILES string of the molecule is CCOC(=O)N1CC2CN(CCCNc3ccc(C#N)cc3)CC(O2)C1N1CCN(C(C)=O)CC1. The molecule has 0 saturated carbocycles. The average Bonchev–Trinajstić information content (AvgIpc) is 2.87. The van der Waals surface area contributed by atoms with E-state index in [-0.39, 0.29) is 30.4 Å². The molecule has 0 spiro atoms. The predicted molar refractivity (Wildman–Crippen MR) is 131 cm³/mol. The van der Waals surface area contributed by atoms with Crippen molar-refractivity contribution in [1.29, 1.82) is 5.26 Å². The van der Waals surface area contributed by atoms with Gasteiger partial charge in [0.25, 0.3) is 0 Å². The number of carbonyl (C=O) groups is 2. The summed E-state index contributed by atoms with van der Waals surface area (Å²) in [5.41, 5.74) is 1.67. The first-order valence-electron chi connectivity index (χ1n) is 12.5. The lowest BCUT2D eigenvalue weighted by Gasteiger charge is -2.54. The highest BCUT2D eigenvalue weighted by atomic mass is 16.6. The topological polar surface area (TPSA) is 101 Å². The summed E-state index contributed by atoms with van der Waals surface area (Å²) in [5, 5.41) is 12.3. The second-order valence-electron chi connectivity index (χ2n) is 9.33. The molecule has 2 bridgehead atoms. The molecule has 10 nitrogen and oxygen atoms in total. The van der Waals surface area contributed by atoms with Crippen LogP contribution in [0.5, 0.6) is 0 Å². The van der Waals surface area contributed by atoms with Crippen molar-refractivity contribution < 1.29 is 19.1 Å². The van der Waals surface area contributed by atoms with Crippen molar-refractivity contribution in [3.05, 3.63) is 29.8 Å². The number of rotatable bonds is 7. The van der Waals surface area contributed by atoms with E-state index in [4.69, 9.17) is 14.7 Å². The Labute approximate surface area is 207 Å². The molecule has 1 aromatic rings. The number of carbonyl (C=O) groups excluding carboxylic acids is 2. The summed E-state index contributed by atoms with van der Waals surface area (Å²) in [6, 6.07) is 9.63. The highest BCUT2D eigenvalue weighted by molar-refractivity contribution is 5.73. The third-order valence-electron chi connectivity index (χ3n) is 6.95. The van der Waals surface area contributed by atoms with Gasteiger partial charge in [-0.25, -0.2) is 4.79 Å². The van der Waals surface area contributed by atoms with Gasteiger partial charge in [0, 0.05) is 65.0 Å². The Bertz CT molecular complexity index is 912. The smallest absolute Gasteiger partial charge is 0.411 e. The van der Waals surface area contributed by atoms with E-state index in [1.165, 1.54) is 0 Å². The minimum absolute atomic E-state index is 0.0422. The maximum absolute atomic E-state index is 12.8. The van der Waals surface area contributed by atoms with Gasteiger partial charge >= 0.3 is 6.09 Å². The standard InChI is InChI=1S/C25H36N6O4/c1-3-34-25(33)31-17-22-16-28(10-4-9-27-21-7-5-20(15-26)6-8-21)18-23(35-22)24(31)30-13-11-29(12-14-30)19(2)32/h5-8,22-24,27H,3-4,9-14,16-18H2,1-2H3. The van der Waals surface area contributed by atoms with Crippen molar-refractivity contribution >= 4 is 17.7 Å². The zero-order chi connectivity index (χ0) is 24.8. The minimum atomic E-state index is -0.287. The first kappa shape index (κ1) is 25.2. The highest BCUT2D eigenvalue weighted by Crippen LogP contribution is 2.28. The third-order valence-corrected chi connectivity index (χ3v) is 6.95. The van der Waals surface area contributed by atoms with Gasteiger partial charge in [-0.15, -0.1) is 0 Å². The van der Waals surface area contributed by atoms with Crippen LogP contribution < -0.4 is 5.32 Å². The largest absolute Gasteiger partial charge is 0.450 e. The van der Waals surface area contributed by atoms with Crippen LogP contribution in [0.4, 0.5) is 10.5 Å². The number of amides is 2. The van der Waals surface area contributed by atoms with E-state index in [1.54, 1.807) is 6.92 Å². The van der Waals surface area contributed by atoms with E-state index in [0.717, 1.165) is 38.3 Å². The number of ether oxygens (including phenoxy) is 2. The van der Waals surface area contributed by atoms with Crippen LogP contribution in [0, 0.1) is 11.3 Å². The number of anilines is 1. The lowest BCUT2D eigenvalue weighted by atomic mass is 10.0. The Hall–Kier alpha value is -2.87. The molecule has 3 fully saturated rings. The summed E-state index contributed by atoms with van der Waals surface area (Å²) < 4.78 is 11.8. The molecule has 0 aliphatic carbocycles. The fourth-order valence-corrected chi connectivity index (χ4v) is 5.25. The van der Waals surface area contributed by atoms with Gasteiger partial charge in [0.05, 0.1) is 30.9 Å².